The van der Waals surface area contributed by atoms with E-state index in [2.05, 4.69) is 22.5 Å². The lowest BCUT2D eigenvalue weighted by Crippen LogP contribution is -2.39. The zero-order valence-corrected chi connectivity index (χ0v) is 9.36. The van der Waals surface area contributed by atoms with Gasteiger partial charge in [-0.1, -0.05) is 6.92 Å². The number of thiazole rings is 1. The van der Waals surface area contributed by atoms with Gasteiger partial charge in [0, 0.05) is 18.1 Å². The van der Waals surface area contributed by atoms with Gasteiger partial charge in [-0.3, -0.25) is 0 Å². The number of aromatic nitrogens is 1. The smallest absolute Gasteiger partial charge is 0.182 e. The van der Waals surface area contributed by atoms with Crippen LogP contribution in [-0.4, -0.2) is 24.6 Å². The highest BCUT2D eigenvalue weighted by atomic mass is 32.1. The minimum absolute atomic E-state index is 0.441. The molecule has 2 heterocycles. The Hall–Kier alpha value is -0.610. The second-order valence-corrected chi connectivity index (χ2v) is 5.15. The van der Waals surface area contributed by atoms with Crippen molar-refractivity contribution in [2.24, 2.45) is 5.41 Å². The topological polar surface area (TPSA) is 37.0 Å². The number of piperidine rings is 1. The van der Waals surface area contributed by atoms with Crippen LogP contribution < -0.4 is 10.6 Å². The predicted molar refractivity (Wildman–Crippen MR) is 60.8 cm³/mol. The third-order valence-electron chi connectivity index (χ3n) is 2.91. The van der Waals surface area contributed by atoms with Crippen LogP contribution in [0.4, 0.5) is 5.13 Å². The standard InChI is InChI=1S/C10H17N3S/c1-10(2-4-11-5-3-10)8-13-9-12-6-7-14-9/h6-7,11H,2-5,8H2,1H3,(H,12,13). The molecule has 3 nitrogen and oxygen atoms in total. The van der Waals surface area contributed by atoms with Gasteiger partial charge in [0.1, 0.15) is 0 Å². The summed E-state index contributed by atoms with van der Waals surface area (Å²) >= 11 is 1.67. The summed E-state index contributed by atoms with van der Waals surface area (Å²) in [4.78, 5) is 4.22. The van der Waals surface area contributed by atoms with Gasteiger partial charge in [0.2, 0.25) is 0 Å². The minimum atomic E-state index is 0.441. The second-order valence-electron chi connectivity index (χ2n) is 4.25. The van der Waals surface area contributed by atoms with E-state index in [-0.39, 0.29) is 0 Å². The summed E-state index contributed by atoms with van der Waals surface area (Å²) in [5.74, 6) is 0. The second kappa shape index (κ2) is 4.28. The molecule has 0 saturated carbocycles. The Morgan fingerprint density at radius 1 is 1.57 bits per heavy atom. The van der Waals surface area contributed by atoms with Crippen molar-refractivity contribution in [3.8, 4) is 0 Å². The van der Waals surface area contributed by atoms with Crippen molar-refractivity contribution in [1.29, 1.82) is 0 Å². The Bertz CT molecular complexity index is 265. The van der Waals surface area contributed by atoms with Crippen LogP contribution in [0.15, 0.2) is 11.6 Å². The third kappa shape index (κ3) is 2.45. The quantitative estimate of drug-likeness (QED) is 0.802. The first-order valence-electron chi connectivity index (χ1n) is 5.13. The van der Waals surface area contributed by atoms with Crippen LogP contribution in [0.5, 0.6) is 0 Å². The molecule has 1 aromatic heterocycles. The highest BCUT2D eigenvalue weighted by Crippen LogP contribution is 2.28. The maximum absolute atomic E-state index is 4.22. The predicted octanol–water partition coefficient (Wildman–Crippen LogP) is 1.94. The fraction of sp³-hybridized carbons (Fsp3) is 0.700. The number of nitrogens with one attached hydrogen (secondary N) is 2. The molecule has 1 aliphatic rings. The molecule has 0 aromatic carbocycles. The van der Waals surface area contributed by atoms with Gasteiger partial charge in [0.15, 0.2) is 5.13 Å². The van der Waals surface area contributed by atoms with Crippen molar-refractivity contribution in [2.45, 2.75) is 19.8 Å². The highest BCUT2D eigenvalue weighted by molar-refractivity contribution is 7.13. The van der Waals surface area contributed by atoms with Crippen molar-refractivity contribution in [1.82, 2.24) is 10.3 Å². The Morgan fingerprint density at radius 2 is 2.36 bits per heavy atom. The first-order valence-corrected chi connectivity index (χ1v) is 6.01. The molecule has 0 amide bonds. The van der Waals surface area contributed by atoms with Crippen LogP contribution in [0, 0.1) is 5.41 Å². The largest absolute Gasteiger partial charge is 0.361 e. The average molecular weight is 211 g/mol. The van der Waals surface area contributed by atoms with Crippen LogP contribution in [0.3, 0.4) is 0 Å². The van der Waals surface area contributed by atoms with Gasteiger partial charge in [-0.05, 0) is 31.3 Å². The van der Waals surface area contributed by atoms with E-state index >= 15 is 0 Å². The molecule has 0 unspecified atom stereocenters. The summed E-state index contributed by atoms with van der Waals surface area (Å²) in [7, 11) is 0. The molecular formula is C10H17N3S. The van der Waals surface area contributed by atoms with Gasteiger partial charge in [0.05, 0.1) is 0 Å². The van der Waals surface area contributed by atoms with E-state index in [0.29, 0.717) is 5.41 Å². The van der Waals surface area contributed by atoms with E-state index in [1.54, 1.807) is 11.3 Å². The summed E-state index contributed by atoms with van der Waals surface area (Å²) in [6, 6.07) is 0. The fourth-order valence-corrected chi connectivity index (χ4v) is 2.33. The Kier molecular flexibility index (Phi) is 3.03. The van der Waals surface area contributed by atoms with E-state index in [1.165, 1.54) is 12.8 Å². The fourth-order valence-electron chi connectivity index (χ4n) is 1.81. The molecule has 2 N–H and O–H groups in total. The van der Waals surface area contributed by atoms with Crippen molar-refractivity contribution in [3.63, 3.8) is 0 Å². The molecule has 4 heteroatoms. The molecule has 78 valence electrons. The molecule has 0 aliphatic carbocycles. The van der Waals surface area contributed by atoms with Gasteiger partial charge >= 0.3 is 0 Å². The summed E-state index contributed by atoms with van der Waals surface area (Å²) < 4.78 is 0. The summed E-state index contributed by atoms with van der Waals surface area (Å²) in [5.41, 5.74) is 0.441. The van der Waals surface area contributed by atoms with Gasteiger partial charge in [0.25, 0.3) is 0 Å². The first-order chi connectivity index (χ1) is 6.79. The Balaban J connectivity index is 1.84. The van der Waals surface area contributed by atoms with Gasteiger partial charge in [-0.2, -0.15) is 0 Å². The molecule has 14 heavy (non-hydrogen) atoms. The van der Waals surface area contributed by atoms with Gasteiger partial charge < -0.3 is 10.6 Å². The number of rotatable bonds is 3. The molecule has 0 bridgehead atoms. The molecule has 1 aromatic rings. The molecule has 0 atom stereocenters. The normalized spacial score (nSPS) is 20.6. The number of hydrogen-bond donors (Lipinski definition) is 2. The van der Waals surface area contributed by atoms with Crippen LogP contribution >= 0.6 is 11.3 Å². The number of anilines is 1. The minimum Gasteiger partial charge on any atom is -0.361 e. The van der Waals surface area contributed by atoms with Crippen molar-refractivity contribution in [2.75, 3.05) is 25.0 Å². The van der Waals surface area contributed by atoms with E-state index in [4.69, 9.17) is 0 Å². The van der Waals surface area contributed by atoms with Crippen LogP contribution in [0.25, 0.3) is 0 Å². The Labute approximate surface area is 88.9 Å². The molecule has 2 rings (SSSR count). The molecule has 1 fully saturated rings. The number of nitrogens with zero attached hydrogens (tertiary/aromatic N) is 1. The Morgan fingerprint density at radius 3 is 3.00 bits per heavy atom. The lowest BCUT2D eigenvalue weighted by Gasteiger charge is -2.34. The van der Waals surface area contributed by atoms with E-state index < -0.39 is 0 Å². The third-order valence-corrected chi connectivity index (χ3v) is 3.64. The van der Waals surface area contributed by atoms with E-state index in [1.807, 2.05) is 11.6 Å². The lowest BCUT2D eigenvalue weighted by molar-refractivity contribution is 0.247. The maximum Gasteiger partial charge on any atom is 0.182 e. The summed E-state index contributed by atoms with van der Waals surface area (Å²) in [6.07, 6.45) is 4.36. The van der Waals surface area contributed by atoms with Crippen molar-refractivity contribution in [3.05, 3.63) is 11.6 Å². The molecule has 0 radical (unpaired) electrons. The molecular weight excluding hydrogens is 194 g/mol. The highest BCUT2D eigenvalue weighted by Gasteiger charge is 2.26. The first kappa shape index (κ1) is 9.93. The summed E-state index contributed by atoms with van der Waals surface area (Å²) in [5, 5.41) is 9.86. The SMILES string of the molecule is CC1(CNc2nccs2)CCNCC1. The molecule has 1 saturated heterocycles. The maximum atomic E-state index is 4.22. The zero-order chi connectivity index (χ0) is 9.86. The van der Waals surface area contributed by atoms with E-state index in [0.717, 1.165) is 24.8 Å². The number of hydrogen-bond acceptors (Lipinski definition) is 4. The van der Waals surface area contributed by atoms with Crippen LogP contribution in [0.1, 0.15) is 19.8 Å². The average Bonchev–Trinajstić information content (AvgIpc) is 2.69. The van der Waals surface area contributed by atoms with Crippen LogP contribution in [0.2, 0.25) is 0 Å². The monoisotopic (exact) mass is 211 g/mol. The van der Waals surface area contributed by atoms with E-state index in [9.17, 15) is 0 Å². The van der Waals surface area contributed by atoms with Crippen LogP contribution in [-0.2, 0) is 0 Å². The van der Waals surface area contributed by atoms with Gasteiger partial charge in [-0.25, -0.2) is 4.98 Å². The van der Waals surface area contributed by atoms with Gasteiger partial charge in [-0.15, -0.1) is 11.3 Å². The zero-order valence-electron chi connectivity index (χ0n) is 8.55. The lowest BCUT2D eigenvalue weighted by atomic mass is 9.81. The molecule has 1 aliphatic heterocycles. The molecule has 0 spiro atoms. The van der Waals surface area contributed by atoms with Crippen molar-refractivity contribution >= 4 is 16.5 Å². The van der Waals surface area contributed by atoms with Crippen molar-refractivity contribution < 1.29 is 0 Å². The summed E-state index contributed by atoms with van der Waals surface area (Å²) in [6.45, 7) is 5.70.